The third-order valence-electron chi connectivity index (χ3n) is 5.22. The van der Waals surface area contributed by atoms with E-state index >= 15 is 0 Å². The Hall–Kier alpha value is -1.35. The fourth-order valence-electron chi connectivity index (χ4n) is 3.60. The van der Waals surface area contributed by atoms with Crippen LogP contribution in [0.5, 0.6) is 0 Å². The van der Waals surface area contributed by atoms with Crippen LogP contribution in [0, 0.1) is 11.3 Å². The molecule has 1 saturated heterocycles. The lowest BCUT2D eigenvalue weighted by molar-refractivity contribution is -0.132. The maximum Gasteiger partial charge on any atom is 0.227 e. The van der Waals surface area contributed by atoms with Crippen LogP contribution in [0.15, 0.2) is 24.3 Å². The van der Waals surface area contributed by atoms with E-state index in [1.165, 1.54) is 11.1 Å². The van der Waals surface area contributed by atoms with Gasteiger partial charge in [-0.2, -0.15) is 0 Å². The molecule has 1 aliphatic carbocycles. The van der Waals surface area contributed by atoms with Gasteiger partial charge in [0.25, 0.3) is 0 Å². The second-order valence-corrected chi connectivity index (χ2v) is 6.55. The first-order valence-electron chi connectivity index (χ1n) is 7.70. The van der Waals surface area contributed by atoms with Gasteiger partial charge in [-0.3, -0.25) is 4.79 Å². The molecular formula is C17H24N2O. The van der Waals surface area contributed by atoms with Crippen LogP contribution in [0.3, 0.4) is 0 Å². The number of benzene rings is 1. The molecule has 1 aromatic rings. The van der Waals surface area contributed by atoms with Crippen LogP contribution in [-0.4, -0.2) is 25.5 Å². The first-order chi connectivity index (χ1) is 9.63. The Morgan fingerprint density at radius 1 is 1.45 bits per heavy atom. The largest absolute Gasteiger partial charge is 0.355 e. The first kappa shape index (κ1) is 13.6. The van der Waals surface area contributed by atoms with Gasteiger partial charge in [0.2, 0.25) is 5.91 Å². The molecule has 1 aromatic carbocycles. The van der Waals surface area contributed by atoms with Crippen LogP contribution < -0.4 is 10.6 Å². The van der Waals surface area contributed by atoms with E-state index in [0.29, 0.717) is 11.8 Å². The number of hydrogen-bond donors (Lipinski definition) is 2. The summed E-state index contributed by atoms with van der Waals surface area (Å²) >= 11 is 0. The lowest BCUT2D eigenvalue weighted by Crippen LogP contribution is -2.47. The van der Waals surface area contributed by atoms with Crippen molar-refractivity contribution < 1.29 is 4.79 Å². The molecule has 1 fully saturated rings. The van der Waals surface area contributed by atoms with Crippen molar-refractivity contribution in [3.8, 4) is 0 Å². The van der Waals surface area contributed by atoms with Crippen LogP contribution in [-0.2, 0) is 11.2 Å². The summed E-state index contributed by atoms with van der Waals surface area (Å²) in [5.74, 6) is 1.13. The minimum Gasteiger partial charge on any atom is -0.355 e. The molecule has 2 aliphatic rings. The number of amides is 1. The summed E-state index contributed by atoms with van der Waals surface area (Å²) in [6, 6.07) is 8.55. The third kappa shape index (κ3) is 2.14. The Bertz CT molecular complexity index is 503. The van der Waals surface area contributed by atoms with Gasteiger partial charge < -0.3 is 10.6 Å². The van der Waals surface area contributed by atoms with Crippen molar-refractivity contribution in [2.75, 3.05) is 19.6 Å². The number of nitrogens with one attached hydrogen (secondary N) is 2. The molecule has 2 atom stereocenters. The molecule has 1 aliphatic heterocycles. The SMILES string of the molecule is CC(C)C1(C(=O)NCC2Cc3ccccc32)CCNC1. The predicted octanol–water partition coefficient (Wildman–Crippen LogP) is 2.08. The summed E-state index contributed by atoms with van der Waals surface area (Å²) in [7, 11) is 0. The van der Waals surface area contributed by atoms with Crippen LogP contribution >= 0.6 is 0 Å². The maximum absolute atomic E-state index is 12.6. The van der Waals surface area contributed by atoms with Crippen LogP contribution in [0.2, 0.25) is 0 Å². The summed E-state index contributed by atoms with van der Waals surface area (Å²) in [5.41, 5.74) is 2.65. The molecule has 3 rings (SSSR count). The van der Waals surface area contributed by atoms with Crippen LogP contribution in [0.1, 0.15) is 37.3 Å². The topological polar surface area (TPSA) is 41.1 Å². The second kappa shape index (κ2) is 5.21. The van der Waals surface area contributed by atoms with Gasteiger partial charge in [-0.25, -0.2) is 0 Å². The Morgan fingerprint density at radius 3 is 2.90 bits per heavy atom. The molecule has 0 spiro atoms. The molecule has 0 aromatic heterocycles. The van der Waals surface area contributed by atoms with E-state index in [-0.39, 0.29) is 11.3 Å². The van der Waals surface area contributed by atoms with Gasteiger partial charge in [0.1, 0.15) is 0 Å². The van der Waals surface area contributed by atoms with Gasteiger partial charge in [0.15, 0.2) is 0 Å². The highest BCUT2D eigenvalue weighted by molar-refractivity contribution is 5.83. The van der Waals surface area contributed by atoms with Gasteiger partial charge in [-0.05, 0) is 36.4 Å². The van der Waals surface area contributed by atoms with Crippen molar-refractivity contribution in [1.29, 1.82) is 0 Å². The minimum atomic E-state index is -0.205. The van der Waals surface area contributed by atoms with Crippen molar-refractivity contribution in [2.45, 2.75) is 32.6 Å². The summed E-state index contributed by atoms with van der Waals surface area (Å²) in [6.07, 6.45) is 2.06. The number of hydrogen-bond acceptors (Lipinski definition) is 2. The zero-order chi connectivity index (χ0) is 14.2. The highest BCUT2D eigenvalue weighted by Crippen LogP contribution is 2.36. The van der Waals surface area contributed by atoms with Gasteiger partial charge in [0, 0.05) is 19.0 Å². The minimum absolute atomic E-state index is 0.205. The Morgan fingerprint density at radius 2 is 2.25 bits per heavy atom. The van der Waals surface area contributed by atoms with E-state index in [0.717, 1.165) is 32.5 Å². The van der Waals surface area contributed by atoms with E-state index in [2.05, 4.69) is 48.7 Å². The van der Waals surface area contributed by atoms with Crippen molar-refractivity contribution in [3.63, 3.8) is 0 Å². The van der Waals surface area contributed by atoms with Crippen LogP contribution in [0.4, 0.5) is 0 Å². The number of fused-ring (bicyclic) bond motifs is 1. The van der Waals surface area contributed by atoms with Crippen molar-refractivity contribution >= 4 is 5.91 Å². The number of carbonyl (C=O) groups excluding carboxylic acids is 1. The first-order valence-corrected chi connectivity index (χ1v) is 7.70. The molecule has 1 amide bonds. The smallest absolute Gasteiger partial charge is 0.227 e. The fraction of sp³-hybridized carbons (Fsp3) is 0.588. The Kier molecular flexibility index (Phi) is 3.55. The highest BCUT2D eigenvalue weighted by Gasteiger charge is 2.44. The quantitative estimate of drug-likeness (QED) is 0.881. The summed E-state index contributed by atoms with van der Waals surface area (Å²) < 4.78 is 0. The molecule has 20 heavy (non-hydrogen) atoms. The zero-order valence-electron chi connectivity index (χ0n) is 12.4. The van der Waals surface area contributed by atoms with Crippen molar-refractivity contribution in [2.24, 2.45) is 11.3 Å². The van der Waals surface area contributed by atoms with Crippen molar-refractivity contribution in [3.05, 3.63) is 35.4 Å². The average Bonchev–Trinajstić information content (AvgIpc) is 2.90. The van der Waals surface area contributed by atoms with E-state index in [1.54, 1.807) is 0 Å². The number of rotatable bonds is 4. The van der Waals surface area contributed by atoms with E-state index in [4.69, 9.17) is 0 Å². The molecule has 3 heteroatoms. The molecule has 0 bridgehead atoms. The van der Waals surface area contributed by atoms with Crippen molar-refractivity contribution in [1.82, 2.24) is 10.6 Å². The normalized spacial score (nSPS) is 28.1. The fourth-order valence-corrected chi connectivity index (χ4v) is 3.60. The zero-order valence-corrected chi connectivity index (χ0v) is 12.4. The predicted molar refractivity (Wildman–Crippen MR) is 80.7 cm³/mol. The van der Waals surface area contributed by atoms with Crippen LogP contribution in [0.25, 0.3) is 0 Å². The average molecular weight is 272 g/mol. The Balaban J connectivity index is 1.61. The number of carbonyl (C=O) groups is 1. The van der Waals surface area contributed by atoms with Gasteiger partial charge in [-0.15, -0.1) is 0 Å². The molecular weight excluding hydrogens is 248 g/mol. The maximum atomic E-state index is 12.6. The lowest BCUT2D eigenvalue weighted by Gasteiger charge is -2.34. The van der Waals surface area contributed by atoms with Gasteiger partial charge in [-0.1, -0.05) is 38.1 Å². The van der Waals surface area contributed by atoms with Gasteiger partial charge >= 0.3 is 0 Å². The second-order valence-electron chi connectivity index (χ2n) is 6.55. The molecule has 108 valence electrons. The third-order valence-corrected chi connectivity index (χ3v) is 5.22. The molecule has 2 unspecified atom stereocenters. The molecule has 0 radical (unpaired) electrons. The Labute approximate surface area is 121 Å². The lowest BCUT2D eigenvalue weighted by atomic mass is 9.74. The van der Waals surface area contributed by atoms with E-state index in [9.17, 15) is 4.79 Å². The molecule has 0 saturated carbocycles. The molecule has 3 nitrogen and oxygen atoms in total. The van der Waals surface area contributed by atoms with Gasteiger partial charge in [0.05, 0.1) is 5.41 Å². The van der Waals surface area contributed by atoms with E-state index < -0.39 is 0 Å². The summed E-state index contributed by atoms with van der Waals surface area (Å²) in [6.45, 7) is 6.87. The summed E-state index contributed by atoms with van der Waals surface area (Å²) in [5, 5.41) is 6.56. The van der Waals surface area contributed by atoms with E-state index in [1.807, 2.05) is 0 Å². The highest BCUT2D eigenvalue weighted by atomic mass is 16.2. The summed E-state index contributed by atoms with van der Waals surface area (Å²) in [4.78, 5) is 12.6. The molecule has 2 N–H and O–H groups in total. The standard InChI is InChI=1S/C17H24N2O/c1-12(2)17(7-8-18-11-17)16(20)19-10-14-9-13-5-3-4-6-15(13)14/h3-6,12,14,18H,7-11H2,1-2H3,(H,19,20). The monoisotopic (exact) mass is 272 g/mol. The molecule has 1 heterocycles.